The summed E-state index contributed by atoms with van der Waals surface area (Å²) in [6, 6.07) is 24.3. The highest BCUT2D eigenvalue weighted by molar-refractivity contribution is 5.96. The van der Waals surface area contributed by atoms with Gasteiger partial charge in [-0.05, 0) is 40.5 Å². The number of hydrogen-bond acceptors (Lipinski definition) is 0. The van der Waals surface area contributed by atoms with Crippen LogP contribution >= 0.6 is 0 Å². The van der Waals surface area contributed by atoms with Gasteiger partial charge in [0.1, 0.15) is 0 Å². The largest absolute Gasteiger partial charge is 0.0620 e. The van der Waals surface area contributed by atoms with E-state index in [9.17, 15) is 0 Å². The summed E-state index contributed by atoms with van der Waals surface area (Å²) in [6.45, 7) is 2.15. The van der Waals surface area contributed by atoms with Gasteiger partial charge in [-0.15, -0.1) is 0 Å². The molecule has 3 aromatic rings. The molecule has 3 rings (SSSR count). The van der Waals surface area contributed by atoms with Crippen molar-refractivity contribution >= 4 is 10.8 Å². The van der Waals surface area contributed by atoms with Gasteiger partial charge in [-0.2, -0.15) is 0 Å². The predicted octanol–water partition coefficient (Wildman–Crippen LogP) is 4.62. The minimum absolute atomic E-state index is 1.17. The monoisotopic (exact) mass is 217 g/mol. The van der Waals surface area contributed by atoms with Gasteiger partial charge in [0.05, 0.1) is 0 Å². The van der Waals surface area contributed by atoms with Crippen molar-refractivity contribution in [3.05, 3.63) is 72.3 Å². The Bertz CT molecular complexity index is 660. The average Bonchev–Trinajstić information content (AvgIpc) is 2.39. The normalized spacial score (nSPS) is 10.6. The van der Waals surface area contributed by atoms with Gasteiger partial charge in [-0.25, -0.2) is 0 Å². The zero-order chi connectivity index (χ0) is 11.7. The maximum atomic E-state index is 3.28. The molecule has 0 unspecified atom stereocenters. The smallest absolute Gasteiger partial charge is 0.00987 e. The van der Waals surface area contributed by atoms with Crippen LogP contribution in [0, 0.1) is 13.0 Å². The van der Waals surface area contributed by atoms with E-state index in [-0.39, 0.29) is 0 Å². The Morgan fingerprint density at radius 1 is 0.765 bits per heavy atom. The third kappa shape index (κ3) is 1.72. The summed E-state index contributed by atoms with van der Waals surface area (Å²) in [5.74, 6) is 0. The zero-order valence-corrected chi connectivity index (χ0v) is 9.77. The number of rotatable bonds is 1. The first-order valence-electron chi connectivity index (χ1n) is 5.82. The van der Waals surface area contributed by atoms with E-state index >= 15 is 0 Å². The zero-order valence-electron chi connectivity index (χ0n) is 9.77. The van der Waals surface area contributed by atoms with Crippen LogP contribution in [0.1, 0.15) is 5.56 Å². The second kappa shape index (κ2) is 4.06. The molecule has 0 aliphatic carbocycles. The number of fused-ring (bicyclic) bond motifs is 1. The lowest BCUT2D eigenvalue weighted by atomic mass is 9.95. The molecule has 0 N–H and O–H groups in total. The van der Waals surface area contributed by atoms with Crippen molar-refractivity contribution in [3.8, 4) is 11.1 Å². The molecule has 0 heteroatoms. The van der Waals surface area contributed by atoms with Gasteiger partial charge in [-0.1, -0.05) is 60.7 Å². The van der Waals surface area contributed by atoms with Crippen molar-refractivity contribution in [1.29, 1.82) is 0 Å². The fraction of sp³-hybridized carbons (Fsp3) is 0.0588. The lowest BCUT2D eigenvalue weighted by Crippen LogP contribution is -1.84. The molecule has 0 spiro atoms. The highest BCUT2D eigenvalue weighted by Crippen LogP contribution is 2.30. The molecule has 0 nitrogen and oxygen atoms in total. The van der Waals surface area contributed by atoms with Crippen LogP contribution in [0.5, 0.6) is 0 Å². The fourth-order valence-corrected chi connectivity index (χ4v) is 2.26. The minimum Gasteiger partial charge on any atom is -0.0620 e. The van der Waals surface area contributed by atoms with E-state index in [4.69, 9.17) is 0 Å². The summed E-state index contributed by atoms with van der Waals surface area (Å²) < 4.78 is 0. The Labute approximate surface area is 102 Å². The Morgan fingerprint density at radius 2 is 1.53 bits per heavy atom. The predicted molar refractivity (Wildman–Crippen MR) is 73.0 cm³/mol. The van der Waals surface area contributed by atoms with Crippen LogP contribution in [0.2, 0.25) is 0 Å². The van der Waals surface area contributed by atoms with Crippen molar-refractivity contribution in [2.75, 3.05) is 0 Å². The maximum Gasteiger partial charge on any atom is -0.00987 e. The molecule has 0 aliphatic rings. The highest BCUT2D eigenvalue weighted by atomic mass is 14.1. The van der Waals surface area contributed by atoms with Crippen LogP contribution < -0.4 is 0 Å². The topological polar surface area (TPSA) is 0 Å². The SMILES string of the molecule is Cc1ccccc1-c1cc[c]c2ccccc12. The lowest BCUT2D eigenvalue weighted by molar-refractivity contribution is 1.47. The molecule has 0 bridgehead atoms. The summed E-state index contributed by atoms with van der Waals surface area (Å²) in [4.78, 5) is 0. The maximum absolute atomic E-state index is 3.28. The fourth-order valence-electron chi connectivity index (χ4n) is 2.26. The quantitative estimate of drug-likeness (QED) is 0.558. The van der Waals surface area contributed by atoms with Crippen LogP contribution in [0.3, 0.4) is 0 Å². The Balaban J connectivity index is 2.35. The number of benzene rings is 3. The van der Waals surface area contributed by atoms with E-state index in [1.807, 2.05) is 6.07 Å². The standard InChI is InChI=1S/C17H13/c1-13-7-2-4-10-15(13)17-12-6-9-14-8-3-5-11-16(14)17/h2-8,10-12H,1H3. The van der Waals surface area contributed by atoms with E-state index in [2.05, 4.69) is 67.6 Å². The first kappa shape index (κ1) is 10.1. The van der Waals surface area contributed by atoms with Crippen LogP contribution in [0.25, 0.3) is 21.9 Å². The molecule has 0 fully saturated rings. The number of hydrogen-bond donors (Lipinski definition) is 0. The molecule has 0 saturated carbocycles. The Kier molecular flexibility index (Phi) is 2.41. The molecule has 1 radical (unpaired) electrons. The molecule has 81 valence electrons. The van der Waals surface area contributed by atoms with Crippen molar-refractivity contribution in [2.24, 2.45) is 0 Å². The van der Waals surface area contributed by atoms with Crippen molar-refractivity contribution < 1.29 is 0 Å². The van der Waals surface area contributed by atoms with Crippen LogP contribution in [-0.2, 0) is 0 Å². The van der Waals surface area contributed by atoms with Crippen molar-refractivity contribution in [3.63, 3.8) is 0 Å². The molecular weight excluding hydrogens is 204 g/mol. The van der Waals surface area contributed by atoms with Gasteiger partial charge >= 0.3 is 0 Å². The van der Waals surface area contributed by atoms with Gasteiger partial charge in [0, 0.05) is 0 Å². The summed E-state index contributed by atoms with van der Waals surface area (Å²) in [6.07, 6.45) is 0. The molecule has 17 heavy (non-hydrogen) atoms. The summed E-state index contributed by atoms with van der Waals surface area (Å²) in [5, 5.41) is 2.44. The molecule has 0 aliphatic heterocycles. The molecular formula is C17H13. The molecule has 0 saturated heterocycles. The Morgan fingerprint density at radius 3 is 2.41 bits per heavy atom. The molecule has 0 amide bonds. The van der Waals surface area contributed by atoms with Gasteiger partial charge in [0.2, 0.25) is 0 Å². The van der Waals surface area contributed by atoms with E-state index in [1.165, 1.54) is 27.5 Å². The van der Waals surface area contributed by atoms with Crippen LogP contribution in [0.4, 0.5) is 0 Å². The average molecular weight is 217 g/mol. The third-order valence-electron chi connectivity index (χ3n) is 3.14. The van der Waals surface area contributed by atoms with E-state index < -0.39 is 0 Å². The number of aryl methyl sites for hydroxylation is 1. The molecule has 0 aromatic heterocycles. The molecule has 0 atom stereocenters. The second-order valence-electron chi connectivity index (χ2n) is 4.25. The van der Waals surface area contributed by atoms with Gasteiger partial charge in [-0.3, -0.25) is 0 Å². The Hall–Kier alpha value is -2.08. The summed E-state index contributed by atoms with van der Waals surface area (Å²) in [5.41, 5.74) is 3.90. The molecule has 0 heterocycles. The first-order valence-corrected chi connectivity index (χ1v) is 5.82. The van der Waals surface area contributed by atoms with E-state index in [0.717, 1.165) is 0 Å². The highest BCUT2D eigenvalue weighted by Gasteiger charge is 2.04. The summed E-state index contributed by atoms with van der Waals surface area (Å²) in [7, 11) is 0. The third-order valence-corrected chi connectivity index (χ3v) is 3.14. The second-order valence-corrected chi connectivity index (χ2v) is 4.25. The van der Waals surface area contributed by atoms with Crippen molar-refractivity contribution in [2.45, 2.75) is 6.92 Å². The van der Waals surface area contributed by atoms with Gasteiger partial charge < -0.3 is 0 Å². The van der Waals surface area contributed by atoms with Crippen LogP contribution in [0.15, 0.2) is 60.7 Å². The minimum atomic E-state index is 1.17. The van der Waals surface area contributed by atoms with E-state index in [0.29, 0.717) is 0 Å². The van der Waals surface area contributed by atoms with Gasteiger partial charge in [0.25, 0.3) is 0 Å². The lowest BCUT2D eigenvalue weighted by Gasteiger charge is -2.09. The van der Waals surface area contributed by atoms with Crippen molar-refractivity contribution in [1.82, 2.24) is 0 Å². The van der Waals surface area contributed by atoms with Gasteiger partial charge in [0.15, 0.2) is 0 Å². The molecule has 3 aromatic carbocycles. The van der Waals surface area contributed by atoms with Crippen LogP contribution in [-0.4, -0.2) is 0 Å². The summed E-state index contributed by atoms with van der Waals surface area (Å²) >= 11 is 0. The first-order chi connectivity index (χ1) is 8.36. The van der Waals surface area contributed by atoms with E-state index in [1.54, 1.807) is 0 Å².